The van der Waals surface area contributed by atoms with Gasteiger partial charge >= 0.3 is 5.97 Å². The molecule has 0 aromatic heterocycles. The molecule has 5 heteroatoms. The van der Waals surface area contributed by atoms with E-state index in [0.29, 0.717) is 18.5 Å². The summed E-state index contributed by atoms with van der Waals surface area (Å²) >= 11 is 3.29. The third kappa shape index (κ3) is 1.95. The van der Waals surface area contributed by atoms with Crippen LogP contribution in [0, 0.1) is 0 Å². The maximum atomic E-state index is 11.6. The molecule has 0 aliphatic carbocycles. The number of carbonyl (C=O) groups excluding carboxylic acids is 1. The van der Waals surface area contributed by atoms with Crippen molar-refractivity contribution in [2.24, 2.45) is 0 Å². The first-order valence-electron chi connectivity index (χ1n) is 4.90. The summed E-state index contributed by atoms with van der Waals surface area (Å²) in [6, 6.07) is 6.33. The first kappa shape index (κ1) is 11.1. The number of carboxylic acids is 1. The van der Waals surface area contributed by atoms with Crippen LogP contribution >= 0.6 is 15.9 Å². The van der Waals surface area contributed by atoms with Crippen LogP contribution in [0.1, 0.15) is 12.8 Å². The Kier molecular flexibility index (Phi) is 2.96. The van der Waals surface area contributed by atoms with E-state index in [-0.39, 0.29) is 5.91 Å². The molecule has 1 aliphatic heterocycles. The second-order valence-electron chi connectivity index (χ2n) is 3.63. The van der Waals surface area contributed by atoms with Crippen LogP contribution in [-0.2, 0) is 9.59 Å². The third-order valence-electron chi connectivity index (χ3n) is 2.60. The second kappa shape index (κ2) is 4.25. The van der Waals surface area contributed by atoms with E-state index < -0.39 is 12.0 Å². The molecular weight excluding hydrogens is 274 g/mol. The quantitative estimate of drug-likeness (QED) is 0.904. The Hall–Kier alpha value is -1.36. The molecule has 84 valence electrons. The molecule has 0 saturated carbocycles. The lowest BCUT2D eigenvalue weighted by molar-refractivity contribution is -0.138. The number of aliphatic carboxylic acids is 1. The van der Waals surface area contributed by atoms with Gasteiger partial charge in [-0.2, -0.15) is 0 Å². The molecule has 1 aromatic carbocycles. The number of hydrogen-bond acceptors (Lipinski definition) is 2. The summed E-state index contributed by atoms with van der Waals surface area (Å²) in [6.45, 7) is 0. The zero-order chi connectivity index (χ0) is 11.7. The standard InChI is InChI=1S/C11H10BrNO3/c12-7-1-3-8(4-2-7)13-9(11(15)16)5-6-10(13)14/h1-4,9H,5-6H2,(H,15,16)/t9-/m0/s1. The maximum Gasteiger partial charge on any atom is 0.326 e. The minimum absolute atomic E-state index is 0.130. The van der Waals surface area contributed by atoms with Crippen molar-refractivity contribution in [2.75, 3.05) is 4.90 Å². The monoisotopic (exact) mass is 283 g/mol. The summed E-state index contributed by atoms with van der Waals surface area (Å²) in [7, 11) is 0. The van der Waals surface area contributed by atoms with Gasteiger partial charge in [0.05, 0.1) is 0 Å². The van der Waals surface area contributed by atoms with Gasteiger partial charge in [-0.15, -0.1) is 0 Å². The van der Waals surface area contributed by atoms with Crippen LogP contribution in [0.5, 0.6) is 0 Å². The van der Waals surface area contributed by atoms with Crippen molar-refractivity contribution in [2.45, 2.75) is 18.9 Å². The Morgan fingerprint density at radius 3 is 2.56 bits per heavy atom. The summed E-state index contributed by atoms with van der Waals surface area (Å²) in [4.78, 5) is 24.0. The van der Waals surface area contributed by atoms with Gasteiger partial charge < -0.3 is 5.11 Å². The van der Waals surface area contributed by atoms with E-state index in [2.05, 4.69) is 15.9 Å². The fourth-order valence-corrected chi connectivity index (χ4v) is 2.11. The highest BCUT2D eigenvalue weighted by Gasteiger charge is 2.36. The van der Waals surface area contributed by atoms with Gasteiger partial charge in [0, 0.05) is 16.6 Å². The zero-order valence-corrected chi connectivity index (χ0v) is 9.98. The molecule has 1 saturated heterocycles. The predicted octanol–water partition coefficient (Wildman–Crippen LogP) is 2.03. The van der Waals surface area contributed by atoms with Gasteiger partial charge in [-0.1, -0.05) is 15.9 Å². The first-order chi connectivity index (χ1) is 7.59. The largest absolute Gasteiger partial charge is 0.480 e. The van der Waals surface area contributed by atoms with Crippen molar-refractivity contribution >= 4 is 33.5 Å². The molecule has 1 N–H and O–H groups in total. The van der Waals surface area contributed by atoms with Crippen molar-refractivity contribution < 1.29 is 14.7 Å². The average molecular weight is 284 g/mol. The molecule has 1 heterocycles. The molecule has 1 fully saturated rings. The summed E-state index contributed by atoms with van der Waals surface area (Å²) in [5.74, 6) is -1.08. The summed E-state index contributed by atoms with van der Waals surface area (Å²) in [6.07, 6.45) is 0.678. The van der Waals surface area contributed by atoms with Crippen LogP contribution in [-0.4, -0.2) is 23.0 Å². The van der Waals surface area contributed by atoms with Gasteiger partial charge in [-0.05, 0) is 30.7 Å². The lowest BCUT2D eigenvalue weighted by Crippen LogP contribution is -2.38. The van der Waals surface area contributed by atoms with E-state index in [1.807, 2.05) is 0 Å². The number of nitrogens with zero attached hydrogens (tertiary/aromatic N) is 1. The Labute approximate surface area is 101 Å². The minimum Gasteiger partial charge on any atom is -0.480 e. The molecule has 0 bridgehead atoms. The van der Waals surface area contributed by atoms with Crippen LogP contribution in [0.15, 0.2) is 28.7 Å². The van der Waals surface area contributed by atoms with E-state index in [9.17, 15) is 9.59 Å². The fraction of sp³-hybridized carbons (Fsp3) is 0.273. The Morgan fingerprint density at radius 2 is 2.00 bits per heavy atom. The summed E-state index contributed by atoms with van der Waals surface area (Å²) < 4.78 is 0.898. The van der Waals surface area contributed by atoms with Gasteiger partial charge in [0.2, 0.25) is 5.91 Å². The fourth-order valence-electron chi connectivity index (χ4n) is 1.84. The van der Waals surface area contributed by atoms with Gasteiger partial charge in [-0.25, -0.2) is 4.79 Å². The predicted molar refractivity (Wildman–Crippen MR) is 62.3 cm³/mol. The zero-order valence-electron chi connectivity index (χ0n) is 8.39. The molecule has 1 atom stereocenters. The van der Waals surface area contributed by atoms with Crippen LogP contribution < -0.4 is 4.90 Å². The number of anilines is 1. The number of hydrogen-bond donors (Lipinski definition) is 1. The number of halogens is 1. The lowest BCUT2D eigenvalue weighted by atomic mass is 10.2. The third-order valence-corrected chi connectivity index (χ3v) is 3.13. The number of carboxylic acid groups (broad SMARTS) is 1. The SMILES string of the molecule is O=C(O)[C@@H]1CCC(=O)N1c1ccc(Br)cc1. The summed E-state index contributed by atoms with van der Waals surface area (Å²) in [5.41, 5.74) is 0.637. The van der Waals surface area contributed by atoms with Crippen molar-refractivity contribution in [3.63, 3.8) is 0 Å². The number of carbonyl (C=O) groups is 2. The van der Waals surface area contributed by atoms with Crippen LogP contribution in [0.4, 0.5) is 5.69 Å². The smallest absolute Gasteiger partial charge is 0.326 e. The van der Waals surface area contributed by atoms with E-state index in [1.54, 1.807) is 24.3 Å². The molecular formula is C11H10BrNO3. The molecule has 0 unspecified atom stereocenters. The van der Waals surface area contributed by atoms with Crippen LogP contribution in [0.2, 0.25) is 0 Å². The highest BCUT2D eigenvalue weighted by molar-refractivity contribution is 9.10. The van der Waals surface area contributed by atoms with E-state index >= 15 is 0 Å². The Bertz CT molecular complexity index is 429. The maximum absolute atomic E-state index is 11.6. The minimum atomic E-state index is -0.950. The van der Waals surface area contributed by atoms with E-state index in [4.69, 9.17) is 5.11 Å². The van der Waals surface area contributed by atoms with Crippen LogP contribution in [0.3, 0.4) is 0 Å². The number of amides is 1. The molecule has 1 aliphatic rings. The van der Waals surface area contributed by atoms with Crippen LogP contribution in [0.25, 0.3) is 0 Å². The van der Waals surface area contributed by atoms with E-state index in [0.717, 1.165) is 4.47 Å². The molecule has 0 radical (unpaired) electrons. The Balaban J connectivity index is 2.33. The van der Waals surface area contributed by atoms with Gasteiger partial charge in [0.15, 0.2) is 0 Å². The van der Waals surface area contributed by atoms with Crippen molar-refractivity contribution in [3.05, 3.63) is 28.7 Å². The molecule has 1 aromatic rings. The molecule has 4 nitrogen and oxygen atoms in total. The molecule has 0 spiro atoms. The summed E-state index contributed by atoms with van der Waals surface area (Å²) in [5, 5.41) is 9.01. The van der Waals surface area contributed by atoms with Crippen molar-refractivity contribution in [1.29, 1.82) is 0 Å². The molecule has 1 amide bonds. The second-order valence-corrected chi connectivity index (χ2v) is 4.55. The average Bonchev–Trinajstić information content (AvgIpc) is 2.62. The Morgan fingerprint density at radius 1 is 1.38 bits per heavy atom. The highest BCUT2D eigenvalue weighted by atomic mass is 79.9. The highest BCUT2D eigenvalue weighted by Crippen LogP contribution is 2.27. The topological polar surface area (TPSA) is 57.6 Å². The molecule has 2 rings (SSSR count). The van der Waals surface area contributed by atoms with Crippen molar-refractivity contribution in [1.82, 2.24) is 0 Å². The number of rotatable bonds is 2. The van der Waals surface area contributed by atoms with Crippen molar-refractivity contribution in [3.8, 4) is 0 Å². The number of benzene rings is 1. The van der Waals surface area contributed by atoms with Gasteiger partial charge in [0.1, 0.15) is 6.04 Å². The van der Waals surface area contributed by atoms with E-state index in [1.165, 1.54) is 4.90 Å². The first-order valence-corrected chi connectivity index (χ1v) is 5.69. The normalized spacial score (nSPS) is 20.2. The van der Waals surface area contributed by atoms with Gasteiger partial charge in [-0.3, -0.25) is 9.69 Å². The molecule has 16 heavy (non-hydrogen) atoms. The van der Waals surface area contributed by atoms with Gasteiger partial charge in [0.25, 0.3) is 0 Å². The lowest BCUT2D eigenvalue weighted by Gasteiger charge is -2.21.